The Kier molecular flexibility index (Phi) is 5.65. The van der Waals surface area contributed by atoms with Gasteiger partial charge in [0.05, 0.1) is 0 Å². The van der Waals surface area contributed by atoms with E-state index in [1.165, 1.54) is 0 Å². The third-order valence-corrected chi connectivity index (χ3v) is 2.65. The van der Waals surface area contributed by atoms with E-state index in [1.807, 2.05) is 18.2 Å². The average Bonchev–Trinajstić information content (AvgIpc) is 2.36. The molecule has 0 aliphatic carbocycles. The SMILES string of the molecule is COCCC(C)(C)CNC(=O)Oc1ccccc1. The highest BCUT2D eigenvalue weighted by molar-refractivity contribution is 5.70. The van der Waals surface area contributed by atoms with E-state index in [2.05, 4.69) is 19.2 Å². The average molecular weight is 251 g/mol. The molecule has 4 heteroatoms. The lowest BCUT2D eigenvalue weighted by molar-refractivity contribution is 0.147. The van der Waals surface area contributed by atoms with Crippen molar-refractivity contribution in [2.75, 3.05) is 20.3 Å². The van der Waals surface area contributed by atoms with Crippen molar-refractivity contribution < 1.29 is 14.3 Å². The second kappa shape index (κ2) is 7.01. The molecule has 1 aromatic rings. The fourth-order valence-electron chi connectivity index (χ4n) is 1.41. The van der Waals surface area contributed by atoms with E-state index < -0.39 is 6.09 Å². The summed E-state index contributed by atoms with van der Waals surface area (Å²) >= 11 is 0. The van der Waals surface area contributed by atoms with E-state index in [9.17, 15) is 4.79 Å². The summed E-state index contributed by atoms with van der Waals surface area (Å²) < 4.78 is 10.2. The zero-order valence-electron chi connectivity index (χ0n) is 11.2. The molecular formula is C14H21NO3. The quantitative estimate of drug-likeness (QED) is 0.845. The van der Waals surface area contributed by atoms with Crippen LogP contribution in [-0.4, -0.2) is 26.4 Å². The normalized spacial score (nSPS) is 11.1. The first-order valence-corrected chi connectivity index (χ1v) is 6.03. The molecule has 1 N–H and O–H groups in total. The maximum atomic E-state index is 11.6. The van der Waals surface area contributed by atoms with E-state index in [0.29, 0.717) is 18.9 Å². The van der Waals surface area contributed by atoms with Crippen molar-refractivity contribution in [2.45, 2.75) is 20.3 Å². The molecule has 18 heavy (non-hydrogen) atoms. The minimum absolute atomic E-state index is 0.00822. The van der Waals surface area contributed by atoms with Crippen molar-refractivity contribution in [3.8, 4) is 5.75 Å². The Bertz CT molecular complexity index is 363. The number of hydrogen-bond acceptors (Lipinski definition) is 3. The first-order valence-electron chi connectivity index (χ1n) is 6.03. The summed E-state index contributed by atoms with van der Waals surface area (Å²) in [6, 6.07) is 9.01. The molecule has 1 aromatic carbocycles. The van der Waals surface area contributed by atoms with E-state index >= 15 is 0 Å². The third-order valence-electron chi connectivity index (χ3n) is 2.65. The fraction of sp³-hybridized carbons (Fsp3) is 0.500. The number of benzene rings is 1. The Balaban J connectivity index is 2.33. The molecule has 0 aromatic heterocycles. The van der Waals surface area contributed by atoms with Crippen LogP contribution in [0.5, 0.6) is 5.75 Å². The Morgan fingerprint density at radius 2 is 1.94 bits per heavy atom. The number of nitrogens with one attached hydrogen (secondary N) is 1. The van der Waals surface area contributed by atoms with Crippen LogP contribution in [0.4, 0.5) is 4.79 Å². The molecule has 4 nitrogen and oxygen atoms in total. The van der Waals surface area contributed by atoms with Crippen molar-refractivity contribution >= 4 is 6.09 Å². The summed E-state index contributed by atoms with van der Waals surface area (Å²) in [5.41, 5.74) is -0.00822. The van der Waals surface area contributed by atoms with Gasteiger partial charge in [0.15, 0.2) is 0 Å². The largest absolute Gasteiger partial charge is 0.412 e. The lowest BCUT2D eigenvalue weighted by Crippen LogP contribution is -2.36. The van der Waals surface area contributed by atoms with Crippen LogP contribution < -0.4 is 10.1 Å². The van der Waals surface area contributed by atoms with E-state index in [1.54, 1.807) is 19.2 Å². The summed E-state index contributed by atoms with van der Waals surface area (Å²) in [6.07, 6.45) is 0.460. The number of para-hydroxylation sites is 1. The van der Waals surface area contributed by atoms with Crippen molar-refractivity contribution in [3.05, 3.63) is 30.3 Å². The van der Waals surface area contributed by atoms with Gasteiger partial charge < -0.3 is 14.8 Å². The second-order valence-electron chi connectivity index (χ2n) is 4.96. The molecular weight excluding hydrogens is 230 g/mol. The van der Waals surface area contributed by atoms with Crippen LogP contribution in [0.15, 0.2) is 30.3 Å². The maximum Gasteiger partial charge on any atom is 0.412 e. The number of carbonyl (C=O) groups is 1. The molecule has 0 atom stereocenters. The zero-order valence-corrected chi connectivity index (χ0v) is 11.2. The van der Waals surface area contributed by atoms with Gasteiger partial charge in [-0.15, -0.1) is 0 Å². The molecule has 0 aliphatic rings. The van der Waals surface area contributed by atoms with Gasteiger partial charge in [0.1, 0.15) is 5.75 Å². The van der Waals surface area contributed by atoms with Crippen LogP contribution in [0.3, 0.4) is 0 Å². The lowest BCUT2D eigenvalue weighted by Gasteiger charge is -2.24. The number of hydrogen-bond donors (Lipinski definition) is 1. The Morgan fingerprint density at radius 3 is 2.56 bits per heavy atom. The van der Waals surface area contributed by atoms with Crippen molar-refractivity contribution in [3.63, 3.8) is 0 Å². The first-order chi connectivity index (χ1) is 8.53. The van der Waals surface area contributed by atoms with Crippen LogP contribution >= 0.6 is 0 Å². The summed E-state index contributed by atoms with van der Waals surface area (Å²) in [6.45, 7) is 5.40. The molecule has 0 saturated heterocycles. The predicted molar refractivity (Wildman–Crippen MR) is 70.7 cm³/mol. The van der Waals surface area contributed by atoms with Crippen LogP contribution in [0.2, 0.25) is 0 Å². The monoisotopic (exact) mass is 251 g/mol. The Hall–Kier alpha value is -1.55. The fourth-order valence-corrected chi connectivity index (χ4v) is 1.41. The van der Waals surface area contributed by atoms with Gasteiger partial charge in [-0.3, -0.25) is 0 Å². The predicted octanol–water partition coefficient (Wildman–Crippen LogP) is 2.84. The topological polar surface area (TPSA) is 47.6 Å². The van der Waals surface area contributed by atoms with Gasteiger partial charge in [0.2, 0.25) is 0 Å². The summed E-state index contributed by atoms with van der Waals surface area (Å²) in [7, 11) is 1.67. The molecule has 0 spiro atoms. The first kappa shape index (κ1) is 14.5. The molecule has 100 valence electrons. The standard InChI is InChI=1S/C14H21NO3/c1-14(2,9-10-17-3)11-15-13(16)18-12-7-5-4-6-8-12/h4-8H,9-11H2,1-3H3,(H,15,16). The smallest absolute Gasteiger partial charge is 0.410 e. The third kappa shape index (κ3) is 5.68. The second-order valence-corrected chi connectivity index (χ2v) is 4.96. The van der Waals surface area contributed by atoms with Gasteiger partial charge in [-0.1, -0.05) is 32.0 Å². The van der Waals surface area contributed by atoms with Gasteiger partial charge in [-0.2, -0.15) is 0 Å². The van der Waals surface area contributed by atoms with Crippen LogP contribution in [-0.2, 0) is 4.74 Å². The highest BCUT2D eigenvalue weighted by atomic mass is 16.6. The zero-order chi connectivity index (χ0) is 13.4. The van der Waals surface area contributed by atoms with E-state index in [4.69, 9.17) is 9.47 Å². The highest BCUT2D eigenvalue weighted by Gasteiger charge is 2.19. The summed E-state index contributed by atoms with van der Waals surface area (Å²) in [5.74, 6) is 0.546. The Labute approximate surface area is 108 Å². The summed E-state index contributed by atoms with van der Waals surface area (Å²) in [5, 5.41) is 2.76. The number of carbonyl (C=O) groups excluding carboxylic acids is 1. The molecule has 0 unspecified atom stereocenters. The van der Waals surface area contributed by atoms with Gasteiger partial charge in [-0.25, -0.2) is 4.79 Å². The van der Waals surface area contributed by atoms with E-state index in [-0.39, 0.29) is 5.41 Å². The van der Waals surface area contributed by atoms with Gasteiger partial charge in [0, 0.05) is 20.3 Å². The van der Waals surface area contributed by atoms with Crippen molar-refractivity contribution in [1.29, 1.82) is 0 Å². The summed E-state index contributed by atoms with van der Waals surface area (Å²) in [4.78, 5) is 11.6. The Morgan fingerprint density at radius 1 is 1.28 bits per heavy atom. The number of amides is 1. The highest BCUT2D eigenvalue weighted by Crippen LogP contribution is 2.18. The van der Waals surface area contributed by atoms with Crippen molar-refractivity contribution in [2.24, 2.45) is 5.41 Å². The minimum atomic E-state index is -0.424. The molecule has 0 heterocycles. The molecule has 0 aliphatic heterocycles. The maximum absolute atomic E-state index is 11.6. The molecule has 1 amide bonds. The van der Waals surface area contributed by atoms with Crippen molar-refractivity contribution in [1.82, 2.24) is 5.32 Å². The molecule has 0 radical (unpaired) electrons. The van der Waals surface area contributed by atoms with Crippen LogP contribution in [0, 0.1) is 5.41 Å². The van der Waals surface area contributed by atoms with E-state index in [0.717, 1.165) is 6.42 Å². The molecule has 0 bridgehead atoms. The lowest BCUT2D eigenvalue weighted by atomic mass is 9.90. The van der Waals surface area contributed by atoms with Crippen LogP contribution in [0.25, 0.3) is 0 Å². The van der Waals surface area contributed by atoms with Gasteiger partial charge in [0.25, 0.3) is 0 Å². The van der Waals surface area contributed by atoms with Gasteiger partial charge in [-0.05, 0) is 24.0 Å². The number of rotatable bonds is 6. The minimum Gasteiger partial charge on any atom is -0.410 e. The number of methoxy groups -OCH3 is 1. The van der Waals surface area contributed by atoms with Gasteiger partial charge >= 0.3 is 6.09 Å². The molecule has 0 saturated carbocycles. The molecule has 1 rings (SSSR count). The molecule has 0 fully saturated rings. The number of ether oxygens (including phenoxy) is 2. The van der Waals surface area contributed by atoms with Crippen LogP contribution in [0.1, 0.15) is 20.3 Å².